The highest BCUT2D eigenvalue weighted by Gasteiger charge is 2.10. The molecule has 0 saturated heterocycles. The number of rotatable bonds is 4. The third-order valence-electron chi connectivity index (χ3n) is 4.57. The first-order valence-electron chi connectivity index (χ1n) is 8.54. The second kappa shape index (κ2) is 6.56. The van der Waals surface area contributed by atoms with Crippen molar-refractivity contribution in [2.75, 3.05) is 19.0 Å². The first-order chi connectivity index (χ1) is 11.5. The van der Waals surface area contributed by atoms with E-state index < -0.39 is 0 Å². The number of hydrogen-bond acceptors (Lipinski definition) is 1. The van der Waals surface area contributed by atoms with Crippen LogP contribution >= 0.6 is 0 Å². The van der Waals surface area contributed by atoms with Crippen LogP contribution in [0, 0.1) is 6.92 Å². The number of aryl methyl sites for hydroxylation is 1. The average Bonchev–Trinajstić information content (AvgIpc) is 2.96. The molecule has 0 radical (unpaired) electrons. The molecule has 0 bridgehead atoms. The maximum absolute atomic E-state index is 2.32. The Bertz CT molecular complexity index is 806. The molecule has 24 heavy (non-hydrogen) atoms. The van der Waals surface area contributed by atoms with Crippen molar-refractivity contribution in [1.29, 1.82) is 0 Å². The summed E-state index contributed by atoms with van der Waals surface area (Å²) in [5, 5.41) is 0. The van der Waals surface area contributed by atoms with Gasteiger partial charge < -0.3 is 9.47 Å². The van der Waals surface area contributed by atoms with E-state index in [1.807, 2.05) is 0 Å². The van der Waals surface area contributed by atoms with Crippen LogP contribution in [-0.2, 0) is 0 Å². The average molecular weight is 318 g/mol. The van der Waals surface area contributed by atoms with E-state index in [1.165, 1.54) is 33.9 Å². The molecule has 0 atom stereocenters. The number of benzene rings is 2. The summed E-state index contributed by atoms with van der Waals surface area (Å²) in [5.41, 5.74) is 7.53. The Morgan fingerprint density at radius 3 is 1.96 bits per heavy atom. The maximum atomic E-state index is 2.32. The Morgan fingerprint density at radius 2 is 1.42 bits per heavy atom. The Balaban J connectivity index is 2.02. The zero-order valence-electron chi connectivity index (χ0n) is 15.2. The molecule has 1 heterocycles. The number of nitrogens with zero attached hydrogens (tertiary/aromatic N) is 2. The van der Waals surface area contributed by atoms with E-state index >= 15 is 0 Å². The summed E-state index contributed by atoms with van der Waals surface area (Å²) < 4.78 is 2.32. The van der Waals surface area contributed by atoms with Gasteiger partial charge >= 0.3 is 0 Å². The summed E-state index contributed by atoms with van der Waals surface area (Å²) in [6.45, 7) is 6.62. The minimum absolute atomic E-state index is 0.561. The van der Waals surface area contributed by atoms with Crippen LogP contribution in [0.15, 0.2) is 60.7 Å². The largest absolute Gasteiger partial charge is 0.378 e. The molecular formula is C22H26N2. The molecule has 3 aromatic rings. The van der Waals surface area contributed by atoms with Crippen molar-refractivity contribution in [3.8, 4) is 16.9 Å². The van der Waals surface area contributed by atoms with Crippen molar-refractivity contribution >= 4 is 5.69 Å². The zero-order valence-corrected chi connectivity index (χ0v) is 15.2. The van der Waals surface area contributed by atoms with Gasteiger partial charge in [0.1, 0.15) is 0 Å². The van der Waals surface area contributed by atoms with Gasteiger partial charge in [0.05, 0.1) is 5.69 Å². The third-order valence-corrected chi connectivity index (χ3v) is 4.57. The van der Waals surface area contributed by atoms with Crippen molar-refractivity contribution in [3.05, 3.63) is 71.9 Å². The molecule has 0 fully saturated rings. The van der Waals surface area contributed by atoms with E-state index in [4.69, 9.17) is 0 Å². The minimum atomic E-state index is 0.561. The summed E-state index contributed by atoms with van der Waals surface area (Å²) in [5.74, 6) is 0.561. The predicted molar refractivity (Wildman–Crippen MR) is 104 cm³/mol. The van der Waals surface area contributed by atoms with Gasteiger partial charge in [-0.15, -0.1) is 0 Å². The first kappa shape index (κ1) is 16.4. The fourth-order valence-corrected chi connectivity index (χ4v) is 3.05. The quantitative estimate of drug-likeness (QED) is 0.604. The molecule has 0 spiro atoms. The lowest BCUT2D eigenvalue weighted by atomic mass is 10.0. The molecule has 2 aromatic carbocycles. The highest BCUT2D eigenvalue weighted by molar-refractivity contribution is 5.65. The van der Waals surface area contributed by atoms with Crippen molar-refractivity contribution in [1.82, 2.24) is 4.57 Å². The molecule has 2 heteroatoms. The zero-order chi connectivity index (χ0) is 17.3. The Kier molecular flexibility index (Phi) is 4.48. The van der Waals surface area contributed by atoms with E-state index in [1.54, 1.807) is 0 Å². The normalized spacial score (nSPS) is 11.1. The molecule has 1 aromatic heterocycles. The predicted octanol–water partition coefficient (Wildman–Crippen LogP) is 5.64. The molecule has 124 valence electrons. The molecular weight excluding hydrogens is 292 g/mol. The topological polar surface area (TPSA) is 8.17 Å². The van der Waals surface area contributed by atoms with Crippen LogP contribution in [0.4, 0.5) is 5.69 Å². The van der Waals surface area contributed by atoms with E-state index in [9.17, 15) is 0 Å². The highest BCUT2D eigenvalue weighted by Crippen LogP contribution is 2.28. The smallest absolute Gasteiger partial charge is 0.0531 e. The summed E-state index contributed by atoms with van der Waals surface area (Å²) >= 11 is 0. The molecule has 0 aliphatic heterocycles. The number of hydrogen-bond donors (Lipinski definition) is 0. The van der Waals surface area contributed by atoms with Gasteiger partial charge in [-0.05, 0) is 60.4 Å². The van der Waals surface area contributed by atoms with Crippen LogP contribution in [0.25, 0.3) is 16.9 Å². The molecule has 2 nitrogen and oxygen atoms in total. The van der Waals surface area contributed by atoms with E-state index in [2.05, 4.69) is 105 Å². The molecule has 0 N–H and O–H groups in total. The maximum Gasteiger partial charge on any atom is 0.0531 e. The Hall–Kier alpha value is -2.48. The summed E-state index contributed by atoms with van der Waals surface area (Å²) in [7, 11) is 4.13. The van der Waals surface area contributed by atoms with Crippen LogP contribution < -0.4 is 4.90 Å². The van der Waals surface area contributed by atoms with Crippen LogP contribution in [0.2, 0.25) is 0 Å². The van der Waals surface area contributed by atoms with Crippen molar-refractivity contribution < 1.29 is 0 Å². The molecule has 0 aliphatic carbocycles. The lowest BCUT2D eigenvalue weighted by Crippen LogP contribution is -2.08. The molecule has 0 unspecified atom stereocenters. The molecule has 0 amide bonds. The monoisotopic (exact) mass is 318 g/mol. The van der Waals surface area contributed by atoms with Gasteiger partial charge in [0, 0.05) is 31.2 Å². The first-order valence-corrected chi connectivity index (χ1v) is 8.54. The van der Waals surface area contributed by atoms with Gasteiger partial charge in [-0.1, -0.05) is 38.1 Å². The lowest BCUT2D eigenvalue weighted by molar-refractivity contribution is 0.867. The van der Waals surface area contributed by atoms with E-state index in [0.717, 1.165) is 0 Å². The van der Waals surface area contributed by atoms with E-state index in [-0.39, 0.29) is 0 Å². The van der Waals surface area contributed by atoms with Gasteiger partial charge in [0.25, 0.3) is 0 Å². The number of aromatic nitrogens is 1. The second-order valence-corrected chi connectivity index (χ2v) is 6.88. The summed E-state index contributed by atoms with van der Waals surface area (Å²) in [6, 6.07) is 22.0. The van der Waals surface area contributed by atoms with Crippen molar-refractivity contribution in [2.45, 2.75) is 26.7 Å². The molecule has 0 aliphatic rings. The van der Waals surface area contributed by atoms with Crippen molar-refractivity contribution in [3.63, 3.8) is 0 Å². The molecule has 0 saturated carbocycles. The number of anilines is 1. The van der Waals surface area contributed by atoms with E-state index in [0.29, 0.717) is 5.92 Å². The van der Waals surface area contributed by atoms with Crippen LogP contribution in [0.5, 0.6) is 0 Å². The van der Waals surface area contributed by atoms with Crippen molar-refractivity contribution in [2.24, 2.45) is 0 Å². The third kappa shape index (κ3) is 3.09. The SMILES string of the molecule is Cc1ccc(-c2ccc(C(C)C)cc2)n1-c1ccc(N(C)C)cc1. The lowest BCUT2D eigenvalue weighted by Gasteiger charge is -2.16. The Morgan fingerprint density at radius 1 is 0.792 bits per heavy atom. The van der Waals surface area contributed by atoms with Crippen LogP contribution in [-0.4, -0.2) is 18.7 Å². The summed E-state index contributed by atoms with van der Waals surface area (Å²) in [4.78, 5) is 2.12. The Labute approximate surface area is 145 Å². The fourth-order valence-electron chi connectivity index (χ4n) is 3.05. The van der Waals surface area contributed by atoms with Gasteiger partial charge in [-0.25, -0.2) is 0 Å². The van der Waals surface area contributed by atoms with Gasteiger partial charge in [0.2, 0.25) is 0 Å². The van der Waals surface area contributed by atoms with Gasteiger partial charge in [-0.3, -0.25) is 0 Å². The fraction of sp³-hybridized carbons (Fsp3) is 0.273. The second-order valence-electron chi connectivity index (χ2n) is 6.88. The minimum Gasteiger partial charge on any atom is -0.378 e. The standard InChI is InChI=1S/C22H26N2/c1-16(2)18-7-9-19(10-8-18)22-15-6-17(3)24(22)21-13-11-20(12-14-21)23(4)5/h6-16H,1-5H3. The van der Waals surface area contributed by atoms with Gasteiger partial charge in [-0.2, -0.15) is 0 Å². The molecule has 3 rings (SSSR count). The highest BCUT2D eigenvalue weighted by atomic mass is 15.1. The van der Waals surface area contributed by atoms with Crippen LogP contribution in [0.3, 0.4) is 0 Å². The van der Waals surface area contributed by atoms with Gasteiger partial charge in [0.15, 0.2) is 0 Å². The summed E-state index contributed by atoms with van der Waals surface area (Å²) in [6.07, 6.45) is 0. The van der Waals surface area contributed by atoms with Crippen LogP contribution in [0.1, 0.15) is 31.0 Å².